The number of carboxylic acid groups (broad SMARTS) is 1. The molecule has 0 aromatic heterocycles. The molecule has 1 fully saturated rings. The minimum atomic E-state index is -1.03. The van der Waals surface area contributed by atoms with E-state index in [0.717, 1.165) is 12.8 Å². The van der Waals surface area contributed by atoms with E-state index in [4.69, 9.17) is 5.11 Å². The summed E-state index contributed by atoms with van der Waals surface area (Å²) in [5.41, 5.74) is 0.426. The first-order chi connectivity index (χ1) is 13.0. The van der Waals surface area contributed by atoms with Crippen molar-refractivity contribution in [1.29, 1.82) is 0 Å². The first kappa shape index (κ1) is 20.3. The molecule has 1 aromatic carbocycles. The Kier molecular flexibility index (Phi) is 5.21. The third kappa shape index (κ3) is 3.62. The number of halogens is 1. The van der Waals surface area contributed by atoms with E-state index in [-0.39, 0.29) is 42.6 Å². The molecule has 2 aliphatic rings. The molecule has 0 spiro atoms. The van der Waals surface area contributed by atoms with Gasteiger partial charge >= 0.3 is 5.97 Å². The number of aliphatic carboxylic acids is 1. The Morgan fingerprint density at radius 2 is 1.96 bits per heavy atom. The summed E-state index contributed by atoms with van der Waals surface area (Å²) in [4.78, 5) is 37.6. The van der Waals surface area contributed by atoms with Gasteiger partial charge < -0.3 is 15.3 Å². The van der Waals surface area contributed by atoms with Crippen LogP contribution >= 0.6 is 0 Å². The van der Waals surface area contributed by atoms with E-state index in [1.807, 2.05) is 0 Å². The zero-order valence-corrected chi connectivity index (χ0v) is 16.7. The van der Waals surface area contributed by atoms with Crippen molar-refractivity contribution in [1.82, 2.24) is 5.32 Å². The van der Waals surface area contributed by atoms with Crippen LogP contribution in [0.2, 0.25) is 0 Å². The minimum absolute atomic E-state index is 0.0604. The molecule has 1 aromatic rings. The van der Waals surface area contributed by atoms with E-state index < -0.39 is 17.3 Å². The van der Waals surface area contributed by atoms with Crippen molar-refractivity contribution in [3.05, 3.63) is 29.1 Å². The van der Waals surface area contributed by atoms with Crippen LogP contribution in [0.25, 0.3) is 0 Å². The Labute approximate surface area is 164 Å². The third-order valence-electron chi connectivity index (χ3n) is 5.90. The predicted octanol–water partition coefficient (Wildman–Crippen LogP) is 2.94. The van der Waals surface area contributed by atoms with Crippen LogP contribution in [0.1, 0.15) is 64.0 Å². The van der Waals surface area contributed by atoms with Gasteiger partial charge in [0.05, 0.1) is 11.1 Å². The van der Waals surface area contributed by atoms with Gasteiger partial charge in [-0.15, -0.1) is 0 Å². The standard InChI is InChI=1S/C21H27FN2O4/c1-11(9-17(26)27)12(2)23-16(25)10-24-15-8-7-14(13-5-6-13)19(22)18(15)21(3,4)20(24)28/h7-8,11-13H,5-6,9-10H2,1-4H3,(H,23,25)(H,26,27)/t11-,12-/m1/s1. The number of rotatable bonds is 7. The smallest absolute Gasteiger partial charge is 0.303 e. The molecule has 152 valence electrons. The van der Waals surface area contributed by atoms with Crippen molar-refractivity contribution in [3.63, 3.8) is 0 Å². The number of amides is 2. The normalized spacial score (nSPS) is 19.9. The average molecular weight is 390 g/mol. The number of hydrogen-bond acceptors (Lipinski definition) is 3. The summed E-state index contributed by atoms with van der Waals surface area (Å²) < 4.78 is 15.1. The molecule has 2 N–H and O–H groups in total. The van der Waals surface area contributed by atoms with Gasteiger partial charge in [-0.1, -0.05) is 13.0 Å². The van der Waals surface area contributed by atoms with Crippen LogP contribution in [0.15, 0.2) is 12.1 Å². The fourth-order valence-electron chi connectivity index (χ4n) is 3.86. The number of benzene rings is 1. The number of carbonyl (C=O) groups is 3. The molecule has 7 heteroatoms. The van der Waals surface area contributed by atoms with E-state index in [9.17, 15) is 14.4 Å². The summed E-state index contributed by atoms with van der Waals surface area (Å²) in [5.74, 6) is -1.99. The Hall–Kier alpha value is -2.44. The molecular formula is C21H27FN2O4. The lowest BCUT2D eigenvalue weighted by Crippen LogP contribution is -2.46. The zero-order chi connectivity index (χ0) is 20.8. The van der Waals surface area contributed by atoms with Gasteiger partial charge in [0.2, 0.25) is 11.8 Å². The highest BCUT2D eigenvalue weighted by molar-refractivity contribution is 6.10. The maximum absolute atomic E-state index is 15.1. The lowest BCUT2D eigenvalue weighted by molar-refractivity contribution is -0.138. The van der Waals surface area contributed by atoms with Crippen molar-refractivity contribution < 1.29 is 23.9 Å². The average Bonchev–Trinajstić information content (AvgIpc) is 3.39. The largest absolute Gasteiger partial charge is 0.481 e. The van der Waals surface area contributed by atoms with Crippen molar-refractivity contribution in [2.24, 2.45) is 5.92 Å². The summed E-state index contributed by atoms with van der Waals surface area (Å²) in [6, 6.07) is 3.11. The number of carbonyl (C=O) groups excluding carboxylic acids is 2. The lowest BCUT2D eigenvalue weighted by Gasteiger charge is -2.23. The van der Waals surface area contributed by atoms with Gasteiger partial charge in [-0.2, -0.15) is 0 Å². The first-order valence-corrected chi connectivity index (χ1v) is 9.70. The van der Waals surface area contributed by atoms with E-state index in [0.29, 0.717) is 16.8 Å². The number of hydrogen-bond donors (Lipinski definition) is 2. The Balaban J connectivity index is 1.79. The highest BCUT2D eigenvalue weighted by Crippen LogP contribution is 2.48. The summed E-state index contributed by atoms with van der Waals surface area (Å²) in [5, 5.41) is 11.6. The predicted molar refractivity (Wildman–Crippen MR) is 103 cm³/mol. The second-order valence-corrected chi connectivity index (χ2v) is 8.58. The van der Waals surface area contributed by atoms with Gasteiger partial charge in [-0.05, 0) is 57.1 Å². The van der Waals surface area contributed by atoms with E-state index in [1.165, 1.54) is 4.90 Å². The molecule has 0 radical (unpaired) electrons. The molecule has 2 atom stereocenters. The molecule has 1 aliphatic heterocycles. The monoisotopic (exact) mass is 390 g/mol. The minimum Gasteiger partial charge on any atom is -0.481 e. The SMILES string of the molecule is C[C@H](CC(=O)O)[C@@H](C)NC(=O)CN1C(=O)C(C)(C)c2c1ccc(C1CC1)c2F. The second kappa shape index (κ2) is 7.18. The number of anilines is 1. The topological polar surface area (TPSA) is 86.7 Å². The number of carboxylic acids is 1. The summed E-state index contributed by atoms with van der Waals surface area (Å²) in [6.07, 6.45) is 1.86. The van der Waals surface area contributed by atoms with Crippen molar-refractivity contribution >= 4 is 23.5 Å². The van der Waals surface area contributed by atoms with Crippen LogP contribution in [-0.2, 0) is 19.8 Å². The number of fused-ring (bicyclic) bond motifs is 1. The van der Waals surface area contributed by atoms with Crippen LogP contribution in [-0.4, -0.2) is 35.5 Å². The molecule has 1 saturated carbocycles. The molecule has 3 rings (SSSR count). The first-order valence-electron chi connectivity index (χ1n) is 9.70. The zero-order valence-electron chi connectivity index (χ0n) is 16.7. The van der Waals surface area contributed by atoms with Crippen LogP contribution < -0.4 is 10.2 Å². The molecule has 0 saturated heterocycles. The Bertz CT molecular complexity index is 832. The van der Waals surface area contributed by atoms with Gasteiger partial charge in [-0.25, -0.2) is 4.39 Å². The summed E-state index contributed by atoms with van der Waals surface area (Å²) in [6.45, 7) is 6.62. The fraction of sp³-hybridized carbons (Fsp3) is 0.571. The lowest BCUT2D eigenvalue weighted by atomic mass is 9.84. The Morgan fingerprint density at radius 3 is 2.54 bits per heavy atom. The maximum Gasteiger partial charge on any atom is 0.303 e. The molecule has 0 unspecified atom stereocenters. The van der Waals surface area contributed by atoms with E-state index in [2.05, 4.69) is 5.32 Å². The number of nitrogens with zero attached hydrogens (tertiary/aromatic N) is 1. The third-order valence-corrected chi connectivity index (χ3v) is 5.90. The van der Waals surface area contributed by atoms with Crippen LogP contribution in [0.4, 0.5) is 10.1 Å². The van der Waals surface area contributed by atoms with Crippen LogP contribution in [0.5, 0.6) is 0 Å². The maximum atomic E-state index is 15.1. The molecule has 2 amide bonds. The second-order valence-electron chi connectivity index (χ2n) is 8.58. The van der Waals surface area contributed by atoms with Gasteiger partial charge in [0, 0.05) is 18.0 Å². The molecule has 1 heterocycles. The highest BCUT2D eigenvalue weighted by Gasteiger charge is 2.47. The quantitative estimate of drug-likeness (QED) is 0.749. The van der Waals surface area contributed by atoms with Crippen LogP contribution in [0, 0.1) is 11.7 Å². The van der Waals surface area contributed by atoms with Gasteiger partial charge in [0.1, 0.15) is 12.4 Å². The van der Waals surface area contributed by atoms with Crippen molar-refractivity contribution in [2.75, 3.05) is 11.4 Å². The molecule has 1 aliphatic carbocycles. The van der Waals surface area contributed by atoms with Crippen molar-refractivity contribution in [3.8, 4) is 0 Å². The van der Waals surface area contributed by atoms with E-state index >= 15 is 4.39 Å². The van der Waals surface area contributed by atoms with E-state index in [1.54, 1.807) is 39.8 Å². The van der Waals surface area contributed by atoms with Gasteiger partial charge in [0.25, 0.3) is 0 Å². The van der Waals surface area contributed by atoms with Crippen LogP contribution in [0.3, 0.4) is 0 Å². The van der Waals surface area contributed by atoms with Gasteiger partial charge in [0.15, 0.2) is 0 Å². The number of nitrogens with one attached hydrogen (secondary N) is 1. The molecule has 0 bridgehead atoms. The summed E-state index contributed by atoms with van der Waals surface area (Å²) >= 11 is 0. The summed E-state index contributed by atoms with van der Waals surface area (Å²) in [7, 11) is 0. The highest BCUT2D eigenvalue weighted by atomic mass is 19.1. The fourth-order valence-corrected chi connectivity index (χ4v) is 3.86. The van der Waals surface area contributed by atoms with Gasteiger partial charge in [-0.3, -0.25) is 14.4 Å². The molecular weight excluding hydrogens is 363 g/mol. The molecule has 6 nitrogen and oxygen atoms in total. The molecule has 28 heavy (non-hydrogen) atoms. The van der Waals surface area contributed by atoms with Crippen molar-refractivity contribution in [2.45, 2.75) is 64.3 Å². The Morgan fingerprint density at radius 1 is 1.32 bits per heavy atom.